The first-order valence-corrected chi connectivity index (χ1v) is 11.2. The number of anilines is 1. The number of carbonyl (C=O) groups is 1. The summed E-state index contributed by atoms with van der Waals surface area (Å²) >= 11 is 8.35. The molecule has 32 heavy (non-hydrogen) atoms. The predicted molar refractivity (Wildman–Crippen MR) is 127 cm³/mol. The molecule has 3 N–H and O–H groups in total. The van der Waals surface area contributed by atoms with E-state index in [1.807, 2.05) is 26.8 Å². The molecule has 0 aliphatic heterocycles. The molecule has 3 aromatic heterocycles. The second-order valence-electron chi connectivity index (χ2n) is 8.12. The van der Waals surface area contributed by atoms with Gasteiger partial charge < -0.3 is 20.5 Å². The number of benzene rings is 1. The Morgan fingerprint density at radius 1 is 1.34 bits per heavy atom. The number of nitrogen functional groups attached to an aromatic ring is 1. The van der Waals surface area contributed by atoms with E-state index in [1.165, 1.54) is 6.33 Å². The van der Waals surface area contributed by atoms with Crippen LogP contribution in [0.3, 0.4) is 0 Å². The number of rotatable bonds is 8. The van der Waals surface area contributed by atoms with E-state index in [1.54, 1.807) is 23.0 Å². The second kappa shape index (κ2) is 8.57. The molecule has 0 saturated heterocycles. The third kappa shape index (κ3) is 3.99. The monoisotopic (exact) mass is 473 g/mol. The van der Waals surface area contributed by atoms with Gasteiger partial charge in [0.15, 0.2) is 5.82 Å². The largest absolute Gasteiger partial charge is 0.495 e. The molecule has 0 radical (unpaired) electrons. The molecule has 0 aliphatic rings. The average molecular weight is 474 g/mol. The summed E-state index contributed by atoms with van der Waals surface area (Å²) in [5.41, 5.74) is 9.07. The lowest BCUT2D eigenvalue weighted by atomic mass is 10.1. The van der Waals surface area contributed by atoms with Gasteiger partial charge in [-0.1, -0.05) is 17.7 Å². The Kier molecular flexibility index (Phi) is 5.98. The molecule has 0 unspecified atom stereocenters. The van der Waals surface area contributed by atoms with E-state index in [4.69, 9.17) is 26.8 Å². The standard InChI is InChI=1S/C22H24ClN5O3S/c1-12-5-13-7-16(32-19(13)15(6-12)30-4)17-14(8-25-9-22(2,3)31-11-29)20(23)28-18(17)21(24)26-10-27-28/h5-7,10-11,25H,8-9H2,1-4H3,(H2,24,26,27). The van der Waals surface area contributed by atoms with E-state index in [0.29, 0.717) is 36.0 Å². The molecule has 8 nitrogen and oxygen atoms in total. The topological polar surface area (TPSA) is 104 Å². The molecular weight excluding hydrogens is 450 g/mol. The minimum absolute atomic E-state index is 0.341. The van der Waals surface area contributed by atoms with Gasteiger partial charge in [0.1, 0.15) is 28.3 Å². The van der Waals surface area contributed by atoms with Crippen LogP contribution < -0.4 is 15.8 Å². The number of aromatic nitrogens is 3. The molecule has 168 valence electrons. The fraction of sp³-hybridized carbons (Fsp3) is 0.318. The Bertz CT molecular complexity index is 1310. The van der Waals surface area contributed by atoms with Crippen LogP contribution >= 0.6 is 22.9 Å². The summed E-state index contributed by atoms with van der Waals surface area (Å²) < 4.78 is 13.4. The van der Waals surface area contributed by atoms with Crippen molar-refractivity contribution >= 4 is 50.8 Å². The number of nitrogens with zero attached hydrogens (tertiary/aromatic N) is 3. The van der Waals surface area contributed by atoms with E-state index in [9.17, 15) is 4.79 Å². The average Bonchev–Trinajstić information content (AvgIpc) is 3.27. The molecule has 0 saturated carbocycles. The zero-order chi connectivity index (χ0) is 23.0. The van der Waals surface area contributed by atoms with Crippen LogP contribution in [-0.4, -0.2) is 40.3 Å². The van der Waals surface area contributed by atoms with Crippen molar-refractivity contribution in [1.82, 2.24) is 19.9 Å². The van der Waals surface area contributed by atoms with Gasteiger partial charge in [-0.2, -0.15) is 5.10 Å². The van der Waals surface area contributed by atoms with Crippen molar-refractivity contribution in [3.05, 3.63) is 40.8 Å². The van der Waals surface area contributed by atoms with Gasteiger partial charge >= 0.3 is 0 Å². The molecular formula is C22H24ClN5O3S. The number of hydrogen-bond acceptors (Lipinski definition) is 8. The second-order valence-corrected chi connectivity index (χ2v) is 9.53. The fourth-order valence-electron chi connectivity index (χ4n) is 3.75. The number of aryl methyl sites for hydroxylation is 1. The van der Waals surface area contributed by atoms with Gasteiger partial charge in [0.25, 0.3) is 6.47 Å². The molecule has 0 bridgehead atoms. The molecule has 1 aromatic carbocycles. The van der Waals surface area contributed by atoms with Gasteiger partial charge in [0.2, 0.25) is 0 Å². The maximum atomic E-state index is 10.8. The van der Waals surface area contributed by atoms with Gasteiger partial charge in [-0.15, -0.1) is 11.3 Å². The highest BCUT2D eigenvalue weighted by molar-refractivity contribution is 7.22. The van der Waals surface area contributed by atoms with Gasteiger partial charge in [0, 0.05) is 29.1 Å². The van der Waals surface area contributed by atoms with Crippen molar-refractivity contribution < 1.29 is 14.3 Å². The SMILES string of the molecule is COc1cc(C)cc2cc(-c3c(CNCC(C)(C)OC=O)c(Cl)n4ncnc(N)c34)sc12. The minimum Gasteiger partial charge on any atom is -0.495 e. The third-order valence-corrected chi connectivity index (χ3v) is 6.78. The fourth-order valence-corrected chi connectivity index (χ4v) is 5.25. The Hall–Kier alpha value is -2.88. The van der Waals surface area contributed by atoms with Gasteiger partial charge in [-0.3, -0.25) is 4.79 Å². The maximum absolute atomic E-state index is 10.8. The van der Waals surface area contributed by atoms with Crippen LogP contribution in [0.5, 0.6) is 5.75 Å². The van der Waals surface area contributed by atoms with Crippen molar-refractivity contribution in [2.24, 2.45) is 0 Å². The quantitative estimate of drug-likeness (QED) is 0.369. The van der Waals surface area contributed by atoms with Crippen molar-refractivity contribution in [2.45, 2.75) is 32.9 Å². The zero-order valence-electron chi connectivity index (χ0n) is 18.2. The summed E-state index contributed by atoms with van der Waals surface area (Å²) in [5.74, 6) is 1.16. The van der Waals surface area contributed by atoms with Crippen LogP contribution in [-0.2, 0) is 16.1 Å². The van der Waals surface area contributed by atoms with E-state index in [0.717, 1.165) is 37.4 Å². The first kappa shape index (κ1) is 22.3. The Labute approximate surface area is 194 Å². The highest BCUT2D eigenvalue weighted by Gasteiger charge is 2.25. The number of fused-ring (bicyclic) bond motifs is 2. The number of ether oxygens (including phenoxy) is 2. The molecule has 4 aromatic rings. The number of carbonyl (C=O) groups excluding carboxylic acids is 1. The number of methoxy groups -OCH3 is 1. The van der Waals surface area contributed by atoms with Gasteiger partial charge in [-0.05, 0) is 43.9 Å². The highest BCUT2D eigenvalue weighted by Crippen LogP contribution is 2.45. The zero-order valence-corrected chi connectivity index (χ0v) is 19.8. The lowest BCUT2D eigenvalue weighted by molar-refractivity contribution is -0.139. The molecule has 0 amide bonds. The number of thiophene rings is 1. The minimum atomic E-state index is -0.658. The van der Waals surface area contributed by atoms with E-state index >= 15 is 0 Å². The molecule has 0 fully saturated rings. The molecule has 10 heteroatoms. The smallest absolute Gasteiger partial charge is 0.293 e. The van der Waals surface area contributed by atoms with Crippen LogP contribution in [0.2, 0.25) is 5.15 Å². The predicted octanol–water partition coefficient (Wildman–Crippen LogP) is 4.20. The maximum Gasteiger partial charge on any atom is 0.293 e. The summed E-state index contributed by atoms with van der Waals surface area (Å²) in [7, 11) is 1.67. The first-order valence-electron chi connectivity index (χ1n) is 9.96. The van der Waals surface area contributed by atoms with Gasteiger partial charge in [-0.25, -0.2) is 9.50 Å². The Morgan fingerprint density at radius 2 is 2.12 bits per heavy atom. The molecule has 0 spiro atoms. The summed E-state index contributed by atoms with van der Waals surface area (Å²) in [6, 6.07) is 6.24. The number of halogens is 1. The van der Waals surface area contributed by atoms with Crippen molar-refractivity contribution in [2.75, 3.05) is 19.4 Å². The summed E-state index contributed by atoms with van der Waals surface area (Å²) in [5, 5.41) is 9.17. The summed E-state index contributed by atoms with van der Waals surface area (Å²) in [4.78, 5) is 15.9. The lowest BCUT2D eigenvalue weighted by Crippen LogP contribution is -2.37. The highest BCUT2D eigenvalue weighted by atomic mass is 35.5. The normalized spacial score (nSPS) is 11.9. The summed E-state index contributed by atoms with van der Waals surface area (Å²) in [6.07, 6.45) is 1.38. The lowest BCUT2D eigenvalue weighted by Gasteiger charge is -2.23. The van der Waals surface area contributed by atoms with E-state index in [2.05, 4.69) is 27.5 Å². The van der Waals surface area contributed by atoms with E-state index in [-0.39, 0.29) is 0 Å². The van der Waals surface area contributed by atoms with Crippen molar-refractivity contribution in [3.8, 4) is 16.2 Å². The molecule has 0 atom stereocenters. The molecule has 4 rings (SSSR count). The van der Waals surface area contributed by atoms with Crippen molar-refractivity contribution in [3.63, 3.8) is 0 Å². The number of nitrogens with one attached hydrogen (secondary N) is 1. The summed E-state index contributed by atoms with van der Waals surface area (Å²) in [6.45, 7) is 7.01. The van der Waals surface area contributed by atoms with Crippen molar-refractivity contribution in [1.29, 1.82) is 0 Å². The number of nitrogens with two attached hydrogens (primary N) is 1. The first-order chi connectivity index (χ1) is 15.3. The van der Waals surface area contributed by atoms with Crippen LogP contribution in [0, 0.1) is 6.92 Å². The Balaban J connectivity index is 1.86. The van der Waals surface area contributed by atoms with E-state index < -0.39 is 5.60 Å². The van der Waals surface area contributed by atoms with Crippen LogP contribution in [0.25, 0.3) is 26.0 Å². The van der Waals surface area contributed by atoms with Gasteiger partial charge in [0.05, 0.1) is 11.8 Å². The van der Waals surface area contributed by atoms with Crippen LogP contribution in [0.15, 0.2) is 24.5 Å². The Morgan fingerprint density at radius 3 is 2.84 bits per heavy atom. The molecule has 3 heterocycles. The number of hydrogen-bond donors (Lipinski definition) is 2. The molecule has 0 aliphatic carbocycles. The third-order valence-electron chi connectivity index (χ3n) is 5.20. The van der Waals surface area contributed by atoms with Crippen LogP contribution in [0.4, 0.5) is 5.82 Å². The van der Waals surface area contributed by atoms with Crippen LogP contribution in [0.1, 0.15) is 25.0 Å².